The van der Waals surface area contributed by atoms with Gasteiger partial charge in [0.15, 0.2) is 0 Å². The topological polar surface area (TPSA) is 55.9 Å². The number of benzene rings is 1. The minimum atomic E-state index is 0.0429. The van der Waals surface area contributed by atoms with Gasteiger partial charge < -0.3 is 0 Å². The quantitative estimate of drug-likeness (QED) is 0.652. The van der Waals surface area contributed by atoms with Gasteiger partial charge in [-0.15, -0.1) is 0 Å². The second-order valence-corrected chi connectivity index (χ2v) is 5.21. The summed E-state index contributed by atoms with van der Waals surface area (Å²) in [5, 5.41) is 4.43. The van der Waals surface area contributed by atoms with Crippen molar-refractivity contribution in [3.05, 3.63) is 52.3 Å². The Bertz CT molecular complexity index is 548. The molecule has 2 rings (SSSR count). The third-order valence-electron chi connectivity index (χ3n) is 3.54. The molecule has 1 unspecified atom stereocenters. The number of nitrogens with zero attached hydrogens (tertiary/aromatic N) is 2. The summed E-state index contributed by atoms with van der Waals surface area (Å²) < 4.78 is 1.80. The van der Waals surface area contributed by atoms with E-state index < -0.39 is 0 Å². The zero-order valence-electron chi connectivity index (χ0n) is 12.1. The van der Waals surface area contributed by atoms with Gasteiger partial charge in [-0.2, -0.15) is 5.10 Å². The summed E-state index contributed by atoms with van der Waals surface area (Å²) >= 11 is 0. The van der Waals surface area contributed by atoms with Gasteiger partial charge in [-0.05, 0) is 49.9 Å². The fourth-order valence-corrected chi connectivity index (χ4v) is 2.60. The molecule has 0 fully saturated rings. The summed E-state index contributed by atoms with van der Waals surface area (Å²) in [5.74, 6) is 5.69. The smallest absolute Gasteiger partial charge is 0.0810 e. The van der Waals surface area contributed by atoms with Crippen molar-refractivity contribution < 1.29 is 0 Å². The second kappa shape index (κ2) is 5.55. The van der Waals surface area contributed by atoms with E-state index in [9.17, 15) is 0 Å². The number of aromatic nitrogens is 2. The number of hydrogen-bond acceptors (Lipinski definition) is 3. The largest absolute Gasteiger partial charge is 0.275 e. The van der Waals surface area contributed by atoms with E-state index in [1.165, 1.54) is 22.3 Å². The zero-order valence-corrected chi connectivity index (χ0v) is 12.1. The number of rotatable bonds is 4. The van der Waals surface area contributed by atoms with Gasteiger partial charge in [-0.3, -0.25) is 16.0 Å². The van der Waals surface area contributed by atoms with E-state index in [1.807, 2.05) is 19.3 Å². The molecule has 0 aliphatic carbocycles. The second-order valence-electron chi connectivity index (χ2n) is 5.21. The van der Waals surface area contributed by atoms with Crippen molar-refractivity contribution >= 4 is 0 Å². The van der Waals surface area contributed by atoms with Gasteiger partial charge in [-0.1, -0.05) is 17.7 Å². The van der Waals surface area contributed by atoms with Crippen LogP contribution in [0.4, 0.5) is 0 Å². The maximum Gasteiger partial charge on any atom is 0.0810 e. The Morgan fingerprint density at radius 2 is 1.89 bits per heavy atom. The lowest BCUT2D eigenvalue weighted by Gasteiger charge is -2.17. The maximum absolute atomic E-state index is 5.69. The maximum atomic E-state index is 5.69. The lowest BCUT2D eigenvalue weighted by Crippen LogP contribution is -2.30. The van der Waals surface area contributed by atoms with Crippen molar-refractivity contribution in [3.8, 4) is 0 Å². The van der Waals surface area contributed by atoms with Crippen molar-refractivity contribution in [2.24, 2.45) is 12.9 Å². The molecule has 1 atom stereocenters. The van der Waals surface area contributed by atoms with Crippen LogP contribution < -0.4 is 11.3 Å². The Hall–Kier alpha value is -1.65. The number of aryl methyl sites for hydroxylation is 4. The summed E-state index contributed by atoms with van der Waals surface area (Å²) in [7, 11) is 1.92. The third-order valence-corrected chi connectivity index (χ3v) is 3.54. The summed E-state index contributed by atoms with van der Waals surface area (Å²) in [4.78, 5) is 0. The van der Waals surface area contributed by atoms with Crippen LogP contribution in [0.3, 0.4) is 0 Å². The highest BCUT2D eigenvalue weighted by molar-refractivity contribution is 5.38. The molecular formula is C15H22N4. The van der Waals surface area contributed by atoms with Gasteiger partial charge in [-0.25, -0.2) is 0 Å². The molecule has 0 aliphatic rings. The minimum Gasteiger partial charge on any atom is -0.275 e. The van der Waals surface area contributed by atoms with Crippen LogP contribution in [0.2, 0.25) is 0 Å². The highest BCUT2D eigenvalue weighted by Gasteiger charge is 2.16. The molecular weight excluding hydrogens is 236 g/mol. The molecule has 1 heterocycles. The van der Waals surface area contributed by atoms with Crippen LogP contribution in [0.15, 0.2) is 24.4 Å². The van der Waals surface area contributed by atoms with Gasteiger partial charge in [0, 0.05) is 13.2 Å². The molecule has 4 nitrogen and oxygen atoms in total. The molecule has 0 amide bonds. The molecule has 19 heavy (non-hydrogen) atoms. The van der Waals surface area contributed by atoms with Gasteiger partial charge in [0.1, 0.15) is 0 Å². The van der Waals surface area contributed by atoms with Gasteiger partial charge in [0.25, 0.3) is 0 Å². The van der Waals surface area contributed by atoms with Crippen LogP contribution in [0.25, 0.3) is 0 Å². The highest BCUT2D eigenvalue weighted by atomic mass is 15.3. The molecule has 4 heteroatoms. The Morgan fingerprint density at radius 1 is 1.26 bits per heavy atom. The van der Waals surface area contributed by atoms with Crippen LogP contribution in [-0.4, -0.2) is 9.78 Å². The first-order valence-electron chi connectivity index (χ1n) is 6.53. The highest BCUT2D eigenvalue weighted by Crippen LogP contribution is 2.22. The number of nitrogens with one attached hydrogen (secondary N) is 1. The van der Waals surface area contributed by atoms with E-state index in [2.05, 4.69) is 43.4 Å². The molecule has 1 aromatic heterocycles. The number of nitrogens with two attached hydrogens (primary N) is 1. The van der Waals surface area contributed by atoms with Crippen molar-refractivity contribution in [2.45, 2.75) is 33.2 Å². The number of hydrogen-bond donors (Lipinski definition) is 2. The SMILES string of the molecule is Cc1cc(C)c(CC(NN)c2ccn(C)n2)c(C)c1. The average Bonchev–Trinajstić information content (AvgIpc) is 2.75. The fraction of sp³-hybridized carbons (Fsp3) is 0.400. The average molecular weight is 258 g/mol. The molecule has 0 saturated carbocycles. The van der Waals surface area contributed by atoms with E-state index in [0.29, 0.717) is 0 Å². The molecule has 0 radical (unpaired) electrons. The summed E-state index contributed by atoms with van der Waals surface area (Å²) in [5.41, 5.74) is 9.12. The molecule has 102 valence electrons. The predicted molar refractivity (Wildman–Crippen MR) is 77.6 cm³/mol. The molecule has 2 aromatic rings. The van der Waals surface area contributed by atoms with Crippen LogP contribution in [-0.2, 0) is 13.5 Å². The van der Waals surface area contributed by atoms with Crippen molar-refractivity contribution in [1.82, 2.24) is 15.2 Å². The predicted octanol–water partition coefficient (Wildman–Crippen LogP) is 2.09. The first-order chi connectivity index (χ1) is 9.01. The van der Waals surface area contributed by atoms with Crippen molar-refractivity contribution in [3.63, 3.8) is 0 Å². The summed E-state index contributed by atoms with van der Waals surface area (Å²) in [6.45, 7) is 6.43. The molecule has 3 N–H and O–H groups in total. The number of hydrazine groups is 1. The van der Waals surface area contributed by atoms with Gasteiger partial charge in [0.05, 0.1) is 11.7 Å². The molecule has 0 saturated heterocycles. The van der Waals surface area contributed by atoms with E-state index in [-0.39, 0.29) is 6.04 Å². The molecule has 1 aromatic carbocycles. The summed E-state index contributed by atoms with van der Waals surface area (Å²) in [6, 6.07) is 6.48. The Labute approximate surface area is 114 Å². The van der Waals surface area contributed by atoms with Gasteiger partial charge in [0.2, 0.25) is 0 Å². The Morgan fingerprint density at radius 3 is 2.37 bits per heavy atom. The van der Waals surface area contributed by atoms with E-state index in [0.717, 1.165) is 12.1 Å². The fourth-order valence-electron chi connectivity index (χ4n) is 2.60. The van der Waals surface area contributed by atoms with Crippen LogP contribution in [0, 0.1) is 20.8 Å². The van der Waals surface area contributed by atoms with Crippen molar-refractivity contribution in [2.75, 3.05) is 0 Å². The molecule has 0 spiro atoms. The van der Waals surface area contributed by atoms with Crippen molar-refractivity contribution in [1.29, 1.82) is 0 Å². The Kier molecular flexibility index (Phi) is 4.02. The zero-order chi connectivity index (χ0) is 14.0. The Balaban J connectivity index is 2.28. The minimum absolute atomic E-state index is 0.0429. The lowest BCUT2D eigenvalue weighted by atomic mass is 9.93. The van der Waals surface area contributed by atoms with Crippen LogP contribution >= 0.6 is 0 Å². The normalized spacial score (nSPS) is 12.7. The molecule has 0 aliphatic heterocycles. The van der Waals surface area contributed by atoms with E-state index in [4.69, 9.17) is 5.84 Å². The lowest BCUT2D eigenvalue weighted by molar-refractivity contribution is 0.527. The third kappa shape index (κ3) is 3.03. The standard InChI is InChI=1S/C15H22N4/c1-10-7-11(2)13(12(3)8-10)9-15(17-16)14-5-6-19(4)18-14/h5-8,15,17H,9,16H2,1-4H3. The van der Waals surface area contributed by atoms with Crippen LogP contribution in [0.5, 0.6) is 0 Å². The summed E-state index contributed by atoms with van der Waals surface area (Å²) in [6.07, 6.45) is 2.79. The first-order valence-corrected chi connectivity index (χ1v) is 6.53. The van der Waals surface area contributed by atoms with Gasteiger partial charge >= 0.3 is 0 Å². The molecule has 0 bridgehead atoms. The first kappa shape index (κ1) is 13.8. The van der Waals surface area contributed by atoms with Crippen LogP contribution in [0.1, 0.15) is 34.0 Å². The van der Waals surface area contributed by atoms with E-state index >= 15 is 0 Å². The van der Waals surface area contributed by atoms with E-state index in [1.54, 1.807) is 4.68 Å². The monoisotopic (exact) mass is 258 g/mol.